The monoisotopic (exact) mass is 282 g/mol. The van der Waals surface area contributed by atoms with Gasteiger partial charge in [-0.3, -0.25) is 0 Å². The number of hydrogen-bond donors (Lipinski definition) is 1. The molecule has 0 aromatic heterocycles. The van der Waals surface area contributed by atoms with Crippen LogP contribution in [0.2, 0.25) is 0 Å². The van der Waals surface area contributed by atoms with Crippen molar-refractivity contribution in [1.82, 2.24) is 5.32 Å². The lowest BCUT2D eigenvalue weighted by Crippen LogP contribution is -2.43. The Kier molecular flexibility index (Phi) is 3.89. The molecule has 2 bridgehead atoms. The van der Waals surface area contributed by atoms with Gasteiger partial charge in [0, 0.05) is 19.6 Å². The van der Waals surface area contributed by atoms with Gasteiger partial charge in [-0.1, -0.05) is 6.92 Å². The second kappa shape index (κ2) is 5.66. The Balaban J connectivity index is 1.82. The Hall–Kier alpha value is -1.20. The predicted octanol–water partition coefficient (Wildman–Crippen LogP) is 2.44. The van der Waals surface area contributed by atoms with E-state index < -0.39 is 11.6 Å². The zero-order chi connectivity index (χ0) is 14.1. The zero-order valence-corrected chi connectivity index (χ0v) is 11.7. The number of nitrogens with one attached hydrogen (secondary N) is 1. The van der Waals surface area contributed by atoms with E-state index in [0.717, 1.165) is 19.4 Å². The summed E-state index contributed by atoms with van der Waals surface area (Å²) < 4.78 is 34.2. The SMILES string of the molecule is CCNCc1cc(F)c(N2CC3CCC(C2)O3)c(F)c1. The molecule has 0 amide bonds. The fraction of sp³-hybridized carbons (Fsp3) is 0.600. The first kappa shape index (κ1) is 13.8. The van der Waals surface area contributed by atoms with Gasteiger partial charge in [0.15, 0.2) is 0 Å². The number of rotatable bonds is 4. The molecule has 1 aromatic rings. The third-order valence-corrected chi connectivity index (χ3v) is 4.02. The van der Waals surface area contributed by atoms with Gasteiger partial charge in [-0.05, 0) is 37.1 Å². The van der Waals surface area contributed by atoms with Crippen LogP contribution in [0.15, 0.2) is 12.1 Å². The summed E-state index contributed by atoms with van der Waals surface area (Å²) in [5.74, 6) is -0.946. The van der Waals surface area contributed by atoms with Crippen LogP contribution in [-0.4, -0.2) is 31.8 Å². The maximum absolute atomic E-state index is 14.2. The lowest BCUT2D eigenvalue weighted by molar-refractivity contribution is 0.0300. The number of fused-ring (bicyclic) bond motifs is 2. The second-order valence-electron chi connectivity index (χ2n) is 5.55. The largest absolute Gasteiger partial charge is 0.371 e. The van der Waals surface area contributed by atoms with E-state index in [1.807, 2.05) is 6.92 Å². The molecule has 0 aliphatic carbocycles. The smallest absolute Gasteiger partial charge is 0.149 e. The standard InChI is InChI=1S/C15H20F2N2O/c1-2-18-7-10-5-13(16)15(14(17)6-10)19-8-11-3-4-12(9-19)20-11/h5-6,11-12,18H,2-4,7-9H2,1H3. The van der Waals surface area contributed by atoms with Crippen molar-refractivity contribution in [2.75, 3.05) is 24.5 Å². The number of anilines is 1. The summed E-state index contributed by atoms with van der Waals surface area (Å²) in [6.07, 6.45) is 2.22. The molecule has 2 aliphatic heterocycles. The molecule has 0 spiro atoms. The van der Waals surface area contributed by atoms with E-state index in [1.54, 1.807) is 4.90 Å². The quantitative estimate of drug-likeness (QED) is 0.918. The Labute approximate surface area is 117 Å². The number of ether oxygens (including phenoxy) is 1. The Morgan fingerprint density at radius 1 is 1.20 bits per heavy atom. The molecule has 5 heteroatoms. The predicted molar refractivity (Wildman–Crippen MR) is 73.8 cm³/mol. The number of halogens is 2. The van der Waals surface area contributed by atoms with E-state index in [0.29, 0.717) is 25.2 Å². The minimum Gasteiger partial charge on any atom is -0.371 e. The normalized spacial score (nSPS) is 25.2. The Morgan fingerprint density at radius 2 is 1.80 bits per heavy atom. The number of hydrogen-bond acceptors (Lipinski definition) is 3. The average Bonchev–Trinajstić information content (AvgIpc) is 2.75. The first-order chi connectivity index (χ1) is 9.67. The molecular formula is C15H20F2N2O. The van der Waals surface area contributed by atoms with Gasteiger partial charge in [-0.25, -0.2) is 8.78 Å². The highest BCUT2D eigenvalue weighted by Gasteiger charge is 2.35. The van der Waals surface area contributed by atoms with Crippen molar-refractivity contribution in [2.24, 2.45) is 0 Å². The molecule has 2 unspecified atom stereocenters. The third kappa shape index (κ3) is 2.65. The van der Waals surface area contributed by atoms with E-state index in [1.165, 1.54) is 12.1 Å². The Bertz CT molecular complexity index is 460. The summed E-state index contributed by atoms with van der Waals surface area (Å²) in [5, 5.41) is 3.08. The van der Waals surface area contributed by atoms with Crippen molar-refractivity contribution in [3.63, 3.8) is 0 Å². The molecule has 2 aliphatic rings. The van der Waals surface area contributed by atoms with Gasteiger partial charge in [0.1, 0.15) is 17.3 Å². The van der Waals surface area contributed by atoms with E-state index in [9.17, 15) is 8.78 Å². The molecular weight excluding hydrogens is 262 g/mol. The van der Waals surface area contributed by atoms with Crippen LogP contribution in [0.1, 0.15) is 25.3 Å². The van der Waals surface area contributed by atoms with Crippen LogP contribution < -0.4 is 10.2 Å². The molecule has 20 heavy (non-hydrogen) atoms. The van der Waals surface area contributed by atoms with Crippen LogP contribution in [0.4, 0.5) is 14.5 Å². The van der Waals surface area contributed by atoms with Crippen LogP contribution in [0.3, 0.4) is 0 Å². The summed E-state index contributed by atoms with van der Waals surface area (Å²) in [5.41, 5.74) is 0.743. The number of morpholine rings is 1. The average molecular weight is 282 g/mol. The molecule has 2 fully saturated rings. The van der Waals surface area contributed by atoms with Gasteiger partial charge in [0.2, 0.25) is 0 Å². The van der Waals surface area contributed by atoms with Gasteiger partial charge in [-0.15, -0.1) is 0 Å². The molecule has 2 atom stereocenters. The van der Waals surface area contributed by atoms with Crippen LogP contribution in [0.5, 0.6) is 0 Å². The van der Waals surface area contributed by atoms with Gasteiger partial charge >= 0.3 is 0 Å². The highest BCUT2D eigenvalue weighted by molar-refractivity contribution is 5.51. The molecule has 0 saturated carbocycles. The lowest BCUT2D eigenvalue weighted by Gasteiger charge is -2.34. The summed E-state index contributed by atoms with van der Waals surface area (Å²) in [7, 11) is 0. The summed E-state index contributed by atoms with van der Waals surface area (Å²) in [4.78, 5) is 1.80. The van der Waals surface area contributed by atoms with Crippen molar-refractivity contribution in [2.45, 2.75) is 38.5 Å². The molecule has 1 N–H and O–H groups in total. The van der Waals surface area contributed by atoms with Crippen LogP contribution in [0.25, 0.3) is 0 Å². The molecule has 3 nitrogen and oxygen atoms in total. The second-order valence-corrected chi connectivity index (χ2v) is 5.55. The molecule has 2 heterocycles. The van der Waals surface area contributed by atoms with Crippen LogP contribution in [-0.2, 0) is 11.3 Å². The van der Waals surface area contributed by atoms with E-state index in [4.69, 9.17) is 4.74 Å². The van der Waals surface area contributed by atoms with Crippen molar-refractivity contribution in [1.29, 1.82) is 0 Å². The van der Waals surface area contributed by atoms with Gasteiger partial charge in [0.05, 0.1) is 12.2 Å². The molecule has 1 aromatic carbocycles. The van der Waals surface area contributed by atoms with Crippen molar-refractivity contribution >= 4 is 5.69 Å². The fourth-order valence-electron chi connectivity index (χ4n) is 3.09. The highest BCUT2D eigenvalue weighted by atomic mass is 19.1. The zero-order valence-electron chi connectivity index (χ0n) is 11.7. The number of nitrogens with zero attached hydrogens (tertiary/aromatic N) is 1. The van der Waals surface area contributed by atoms with Crippen LogP contribution in [0, 0.1) is 11.6 Å². The summed E-state index contributed by atoms with van der Waals surface area (Å²) in [6.45, 7) is 4.38. The van der Waals surface area contributed by atoms with Gasteiger partial charge < -0.3 is 15.0 Å². The molecule has 2 saturated heterocycles. The lowest BCUT2D eigenvalue weighted by atomic mass is 10.1. The first-order valence-corrected chi connectivity index (χ1v) is 7.26. The first-order valence-electron chi connectivity index (χ1n) is 7.26. The molecule has 110 valence electrons. The molecule has 3 rings (SSSR count). The Morgan fingerprint density at radius 3 is 2.35 bits per heavy atom. The third-order valence-electron chi connectivity index (χ3n) is 4.02. The maximum atomic E-state index is 14.2. The summed E-state index contributed by atoms with van der Waals surface area (Å²) in [6, 6.07) is 2.86. The van der Waals surface area contributed by atoms with Crippen molar-refractivity contribution in [3.05, 3.63) is 29.3 Å². The van der Waals surface area contributed by atoms with E-state index in [2.05, 4.69) is 5.32 Å². The van der Waals surface area contributed by atoms with Crippen LogP contribution >= 0.6 is 0 Å². The van der Waals surface area contributed by atoms with Crippen molar-refractivity contribution < 1.29 is 13.5 Å². The molecule has 0 radical (unpaired) electrons. The number of benzene rings is 1. The van der Waals surface area contributed by atoms with Gasteiger partial charge in [-0.2, -0.15) is 0 Å². The van der Waals surface area contributed by atoms with Crippen molar-refractivity contribution in [3.8, 4) is 0 Å². The minimum absolute atomic E-state index is 0.102. The van der Waals surface area contributed by atoms with E-state index >= 15 is 0 Å². The van der Waals surface area contributed by atoms with Gasteiger partial charge in [0.25, 0.3) is 0 Å². The fourth-order valence-corrected chi connectivity index (χ4v) is 3.09. The summed E-state index contributed by atoms with van der Waals surface area (Å²) >= 11 is 0. The minimum atomic E-state index is -0.473. The maximum Gasteiger partial charge on any atom is 0.149 e. The van der Waals surface area contributed by atoms with E-state index in [-0.39, 0.29) is 17.9 Å². The topological polar surface area (TPSA) is 24.5 Å². The highest BCUT2D eigenvalue weighted by Crippen LogP contribution is 2.32.